The first-order chi connectivity index (χ1) is 5.79. The Balaban J connectivity index is 2.24. The van der Waals surface area contributed by atoms with E-state index < -0.39 is 0 Å². The Morgan fingerprint density at radius 3 is 2.92 bits per heavy atom. The van der Waals surface area contributed by atoms with Crippen LogP contribution in [0.1, 0.15) is 16.4 Å². The minimum absolute atomic E-state index is 0.205. The van der Waals surface area contributed by atoms with E-state index in [2.05, 4.69) is 18.4 Å². The van der Waals surface area contributed by atoms with E-state index in [4.69, 9.17) is 4.74 Å². The van der Waals surface area contributed by atoms with Crippen LogP contribution in [0.4, 0.5) is 0 Å². The normalized spacial score (nSPS) is 29.5. The molecule has 1 saturated heterocycles. The summed E-state index contributed by atoms with van der Waals surface area (Å²) in [7, 11) is 0. The molecule has 0 spiro atoms. The first-order valence-corrected chi connectivity index (χ1v) is 4.97. The average Bonchev–Trinajstić information content (AvgIpc) is 2.59. The number of rotatable bonds is 1. The van der Waals surface area contributed by atoms with Gasteiger partial charge in [0.15, 0.2) is 0 Å². The molecule has 0 unspecified atom stereocenters. The number of hydrogen-bond acceptors (Lipinski definition) is 3. The predicted molar refractivity (Wildman–Crippen MR) is 48.6 cm³/mol. The molecule has 12 heavy (non-hydrogen) atoms. The van der Waals surface area contributed by atoms with E-state index in [-0.39, 0.29) is 12.0 Å². The summed E-state index contributed by atoms with van der Waals surface area (Å²) < 4.78 is 5.20. The van der Waals surface area contributed by atoms with Crippen molar-refractivity contribution in [1.82, 2.24) is 0 Å². The summed E-state index contributed by atoms with van der Waals surface area (Å²) in [4.78, 5) is 1.30. The highest BCUT2D eigenvalue weighted by Gasteiger charge is 2.28. The molecule has 2 atom stereocenters. The van der Waals surface area contributed by atoms with E-state index in [1.165, 1.54) is 10.4 Å². The molecule has 1 aliphatic heterocycles. The molecule has 1 fully saturated rings. The Morgan fingerprint density at radius 1 is 1.58 bits per heavy atom. The van der Waals surface area contributed by atoms with Gasteiger partial charge in [-0.2, -0.15) is 0 Å². The predicted octanol–water partition coefficient (Wildman–Crippen LogP) is 1.53. The zero-order valence-electron chi connectivity index (χ0n) is 6.99. The van der Waals surface area contributed by atoms with E-state index in [9.17, 15) is 5.11 Å². The van der Waals surface area contributed by atoms with Crippen LogP contribution in [0, 0.1) is 6.92 Å². The second kappa shape index (κ2) is 3.17. The monoisotopic (exact) mass is 184 g/mol. The smallest absolute Gasteiger partial charge is 0.0864 e. The van der Waals surface area contributed by atoms with Crippen LogP contribution in [0.2, 0.25) is 0 Å². The molecule has 0 bridgehead atoms. The highest BCUT2D eigenvalue weighted by Crippen LogP contribution is 2.30. The molecule has 0 amide bonds. The third kappa shape index (κ3) is 1.28. The lowest BCUT2D eigenvalue weighted by Gasteiger charge is -2.11. The van der Waals surface area contributed by atoms with Crippen molar-refractivity contribution in [3.05, 3.63) is 21.9 Å². The fraction of sp³-hybridized carbons (Fsp3) is 0.556. The van der Waals surface area contributed by atoms with Gasteiger partial charge in [0.1, 0.15) is 0 Å². The van der Waals surface area contributed by atoms with Crippen LogP contribution in [0.3, 0.4) is 0 Å². The van der Waals surface area contributed by atoms with Crippen molar-refractivity contribution in [3.8, 4) is 0 Å². The Kier molecular flexibility index (Phi) is 2.17. The van der Waals surface area contributed by atoms with Gasteiger partial charge >= 0.3 is 0 Å². The van der Waals surface area contributed by atoms with Crippen molar-refractivity contribution < 1.29 is 9.84 Å². The number of hydrogen-bond donors (Lipinski definition) is 1. The second-order valence-corrected chi connectivity index (χ2v) is 4.26. The highest BCUT2D eigenvalue weighted by molar-refractivity contribution is 7.10. The van der Waals surface area contributed by atoms with Gasteiger partial charge in [0.05, 0.1) is 19.3 Å². The molecule has 1 aliphatic rings. The molecule has 1 aromatic rings. The minimum atomic E-state index is -0.307. The van der Waals surface area contributed by atoms with Crippen LogP contribution >= 0.6 is 11.3 Å². The fourth-order valence-corrected chi connectivity index (χ4v) is 2.39. The third-order valence-corrected chi connectivity index (χ3v) is 3.21. The molecule has 2 nitrogen and oxygen atoms in total. The lowest BCUT2D eigenvalue weighted by atomic mass is 9.97. The zero-order chi connectivity index (χ0) is 8.55. The van der Waals surface area contributed by atoms with Crippen LogP contribution < -0.4 is 0 Å². The van der Waals surface area contributed by atoms with Crippen LogP contribution in [-0.2, 0) is 4.74 Å². The van der Waals surface area contributed by atoms with Crippen molar-refractivity contribution in [2.45, 2.75) is 18.9 Å². The summed E-state index contributed by atoms with van der Waals surface area (Å²) >= 11 is 1.73. The van der Waals surface area contributed by atoms with Crippen LogP contribution in [0.5, 0.6) is 0 Å². The maximum atomic E-state index is 9.56. The van der Waals surface area contributed by atoms with Gasteiger partial charge in [-0.25, -0.2) is 0 Å². The van der Waals surface area contributed by atoms with Gasteiger partial charge in [0, 0.05) is 10.8 Å². The summed E-state index contributed by atoms with van der Waals surface area (Å²) in [5.41, 5.74) is 1.25. The molecular formula is C9H12O2S. The van der Waals surface area contributed by atoms with Crippen molar-refractivity contribution in [3.63, 3.8) is 0 Å². The van der Waals surface area contributed by atoms with E-state index >= 15 is 0 Å². The molecule has 0 saturated carbocycles. The molecule has 3 heteroatoms. The van der Waals surface area contributed by atoms with Crippen LogP contribution in [0.15, 0.2) is 11.4 Å². The second-order valence-electron chi connectivity index (χ2n) is 3.14. The number of aryl methyl sites for hydroxylation is 1. The first kappa shape index (κ1) is 8.23. The summed E-state index contributed by atoms with van der Waals surface area (Å²) in [5, 5.41) is 11.6. The number of thiophene rings is 1. The molecule has 2 rings (SSSR count). The average molecular weight is 184 g/mol. The SMILES string of the molecule is Cc1sccc1[C@@H]1COC[C@H]1O. The minimum Gasteiger partial charge on any atom is -0.390 e. The Bertz CT molecular complexity index is 269. The van der Waals surface area contributed by atoms with Gasteiger partial charge in [-0.15, -0.1) is 11.3 Å². The number of ether oxygens (including phenoxy) is 1. The van der Waals surface area contributed by atoms with Crippen molar-refractivity contribution >= 4 is 11.3 Å². The van der Waals surface area contributed by atoms with Crippen molar-refractivity contribution in [2.24, 2.45) is 0 Å². The van der Waals surface area contributed by atoms with Gasteiger partial charge in [-0.05, 0) is 23.9 Å². The molecular weight excluding hydrogens is 172 g/mol. The quantitative estimate of drug-likeness (QED) is 0.717. The van der Waals surface area contributed by atoms with E-state index in [0.717, 1.165) is 0 Å². The summed E-state index contributed by atoms with van der Waals surface area (Å²) in [6.07, 6.45) is -0.307. The lowest BCUT2D eigenvalue weighted by Crippen LogP contribution is -2.15. The fourth-order valence-electron chi connectivity index (χ4n) is 1.62. The van der Waals surface area contributed by atoms with E-state index in [1.807, 2.05) is 0 Å². The lowest BCUT2D eigenvalue weighted by molar-refractivity contribution is 0.124. The van der Waals surface area contributed by atoms with Crippen molar-refractivity contribution in [1.29, 1.82) is 0 Å². The van der Waals surface area contributed by atoms with Gasteiger partial charge in [-0.1, -0.05) is 0 Å². The summed E-state index contributed by atoms with van der Waals surface area (Å²) in [6, 6.07) is 2.09. The maximum Gasteiger partial charge on any atom is 0.0864 e. The van der Waals surface area contributed by atoms with Gasteiger partial charge in [0.25, 0.3) is 0 Å². The molecule has 66 valence electrons. The molecule has 0 aromatic carbocycles. The Labute approximate surface area is 75.8 Å². The topological polar surface area (TPSA) is 29.5 Å². The van der Waals surface area contributed by atoms with Crippen LogP contribution in [-0.4, -0.2) is 24.4 Å². The molecule has 2 heterocycles. The van der Waals surface area contributed by atoms with Gasteiger partial charge in [0.2, 0.25) is 0 Å². The Hall–Kier alpha value is -0.380. The van der Waals surface area contributed by atoms with Crippen LogP contribution in [0.25, 0.3) is 0 Å². The van der Waals surface area contributed by atoms with Gasteiger partial charge < -0.3 is 9.84 Å². The summed E-state index contributed by atoms with van der Waals surface area (Å²) in [6.45, 7) is 3.24. The standard InChI is InChI=1S/C9H12O2S/c1-6-7(2-3-12-6)8-4-11-5-9(8)10/h2-3,8-10H,4-5H2,1H3/t8-,9+/m0/s1. The molecule has 0 aliphatic carbocycles. The molecule has 1 aromatic heterocycles. The third-order valence-electron chi connectivity index (χ3n) is 2.35. The summed E-state index contributed by atoms with van der Waals surface area (Å²) in [5.74, 6) is 0.205. The molecule has 0 radical (unpaired) electrons. The highest BCUT2D eigenvalue weighted by atomic mass is 32.1. The first-order valence-electron chi connectivity index (χ1n) is 4.09. The zero-order valence-corrected chi connectivity index (χ0v) is 7.80. The molecule has 1 N–H and O–H groups in total. The van der Waals surface area contributed by atoms with Gasteiger partial charge in [-0.3, -0.25) is 0 Å². The number of aliphatic hydroxyl groups excluding tert-OH is 1. The largest absolute Gasteiger partial charge is 0.390 e. The van der Waals surface area contributed by atoms with E-state index in [0.29, 0.717) is 13.2 Å². The number of aliphatic hydroxyl groups is 1. The van der Waals surface area contributed by atoms with E-state index in [1.54, 1.807) is 11.3 Å². The maximum absolute atomic E-state index is 9.56. The Morgan fingerprint density at radius 2 is 2.42 bits per heavy atom. The van der Waals surface area contributed by atoms with Crippen molar-refractivity contribution in [2.75, 3.05) is 13.2 Å².